The van der Waals surface area contributed by atoms with Gasteiger partial charge in [0.05, 0.1) is 19.3 Å². The predicted octanol–water partition coefficient (Wildman–Crippen LogP) is 4.03. The van der Waals surface area contributed by atoms with Crippen LogP contribution in [0.5, 0.6) is 0 Å². The lowest BCUT2D eigenvalue weighted by Gasteiger charge is -2.36. The summed E-state index contributed by atoms with van der Waals surface area (Å²) >= 11 is 0. The smallest absolute Gasteiger partial charge is 0.193 e. The van der Waals surface area contributed by atoms with E-state index in [1.165, 1.54) is 22.3 Å². The van der Waals surface area contributed by atoms with Crippen LogP contribution in [-0.4, -0.2) is 50.8 Å². The van der Waals surface area contributed by atoms with E-state index in [0.29, 0.717) is 12.5 Å². The lowest BCUT2D eigenvalue weighted by Crippen LogP contribution is -2.49. The number of benzene rings is 2. The van der Waals surface area contributed by atoms with E-state index >= 15 is 0 Å². The molecule has 5 heteroatoms. The van der Waals surface area contributed by atoms with Gasteiger partial charge in [-0.2, -0.15) is 0 Å². The zero-order chi connectivity index (χ0) is 20.9. The van der Waals surface area contributed by atoms with Crippen LogP contribution in [0.4, 0.5) is 0 Å². The second kappa shape index (κ2) is 9.63. The zero-order valence-corrected chi connectivity index (χ0v) is 18.3. The lowest BCUT2D eigenvalue weighted by molar-refractivity contribution is -0.00845. The molecular weight excluding hydrogens is 374 g/mol. The van der Waals surface area contributed by atoms with Gasteiger partial charge in [-0.1, -0.05) is 54.1 Å². The predicted molar refractivity (Wildman–Crippen MR) is 121 cm³/mol. The van der Waals surface area contributed by atoms with E-state index in [1.807, 2.05) is 7.05 Å². The van der Waals surface area contributed by atoms with Crippen LogP contribution in [-0.2, 0) is 9.47 Å². The van der Waals surface area contributed by atoms with Crippen LogP contribution in [0.3, 0.4) is 0 Å². The van der Waals surface area contributed by atoms with E-state index in [-0.39, 0.29) is 12.2 Å². The van der Waals surface area contributed by atoms with Gasteiger partial charge in [-0.3, -0.25) is 4.99 Å². The van der Waals surface area contributed by atoms with Gasteiger partial charge < -0.3 is 19.7 Å². The van der Waals surface area contributed by atoms with Gasteiger partial charge in [0.25, 0.3) is 0 Å². The zero-order valence-electron chi connectivity index (χ0n) is 18.3. The third-order valence-electron chi connectivity index (χ3n) is 6.21. The van der Waals surface area contributed by atoms with E-state index in [1.54, 1.807) is 0 Å². The van der Waals surface area contributed by atoms with E-state index in [0.717, 1.165) is 38.6 Å². The Morgan fingerprint density at radius 3 is 2.70 bits per heavy atom. The highest BCUT2D eigenvalue weighted by molar-refractivity contribution is 5.80. The Labute approximate surface area is 180 Å². The van der Waals surface area contributed by atoms with E-state index in [4.69, 9.17) is 9.47 Å². The van der Waals surface area contributed by atoms with Crippen LogP contribution < -0.4 is 5.32 Å². The second-order valence-corrected chi connectivity index (χ2v) is 8.34. The van der Waals surface area contributed by atoms with Crippen molar-refractivity contribution < 1.29 is 9.47 Å². The highest BCUT2D eigenvalue weighted by Gasteiger charge is 2.31. The first-order chi connectivity index (χ1) is 14.7. The number of guanidine groups is 1. The fraction of sp³-hybridized carbons (Fsp3) is 0.480. The van der Waals surface area contributed by atoms with E-state index in [2.05, 4.69) is 77.6 Å². The van der Waals surface area contributed by atoms with Gasteiger partial charge in [0.2, 0.25) is 0 Å². The SMILES string of the molecule is CN=C(NCC1CCOC1c1ccccc1)N1CCOC(c2ccc(C)cc2C)C1. The summed E-state index contributed by atoms with van der Waals surface area (Å²) in [5.74, 6) is 1.40. The molecule has 0 radical (unpaired) electrons. The van der Waals surface area contributed by atoms with Crippen molar-refractivity contribution in [3.63, 3.8) is 0 Å². The highest BCUT2D eigenvalue weighted by Crippen LogP contribution is 2.34. The maximum atomic E-state index is 6.12. The van der Waals surface area contributed by atoms with Gasteiger partial charge in [-0.15, -0.1) is 0 Å². The monoisotopic (exact) mass is 407 g/mol. The van der Waals surface area contributed by atoms with Crippen molar-refractivity contribution in [1.82, 2.24) is 10.2 Å². The number of morpholine rings is 1. The summed E-state index contributed by atoms with van der Waals surface area (Å²) in [6.07, 6.45) is 1.30. The van der Waals surface area contributed by atoms with Crippen molar-refractivity contribution >= 4 is 5.96 Å². The van der Waals surface area contributed by atoms with Gasteiger partial charge in [-0.25, -0.2) is 0 Å². The van der Waals surface area contributed by atoms with Crippen molar-refractivity contribution in [1.29, 1.82) is 0 Å². The standard InChI is InChI=1S/C25H33N3O2/c1-18-9-10-22(19(2)15-18)23-17-28(12-14-29-23)25(26-3)27-16-21-11-13-30-24(21)20-7-5-4-6-8-20/h4-10,15,21,23-24H,11-14,16-17H2,1-3H3,(H,26,27). The summed E-state index contributed by atoms with van der Waals surface area (Å²) in [6.45, 7) is 8.34. The normalized spacial score (nSPS) is 24.8. The second-order valence-electron chi connectivity index (χ2n) is 8.34. The molecule has 0 bridgehead atoms. The number of nitrogens with one attached hydrogen (secondary N) is 1. The topological polar surface area (TPSA) is 46.1 Å². The average molecular weight is 408 g/mol. The molecule has 3 atom stereocenters. The van der Waals surface area contributed by atoms with Gasteiger partial charge in [0.1, 0.15) is 6.10 Å². The number of rotatable bonds is 4. The first-order valence-electron chi connectivity index (χ1n) is 11.0. The minimum absolute atomic E-state index is 0.0739. The highest BCUT2D eigenvalue weighted by atomic mass is 16.5. The third kappa shape index (κ3) is 4.68. The third-order valence-corrected chi connectivity index (χ3v) is 6.21. The summed E-state index contributed by atoms with van der Waals surface area (Å²) in [5.41, 5.74) is 5.11. The summed E-state index contributed by atoms with van der Waals surface area (Å²) < 4.78 is 12.2. The van der Waals surface area contributed by atoms with Crippen molar-refractivity contribution in [3.8, 4) is 0 Å². The number of ether oxygens (including phenoxy) is 2. The van der Waals surface area contributed by atoms with Crippen molar-refractivity contribution in [3.05, 3.63) is 70.8 Å². The number of aliphatic imine (C=N–C) groups is 1. The van der Waals surface area contributed by atoms with Crippen molar-refractivity contribution in [2.45, 2.75) is 32.5 Å². The Kier molecular flexibility index (Phi) is 6.70. The maximum absolute atomic E-state index is 6.12. The van der Waals surface area contributed by atoms with Gasteiger partial charge in [0, 0.05) is 32.7 Å². The Morgan fingerprint density at radius 1 is 1.10 bits per heavy atom. The first-order valence-corrected chi connectivity index (χ1v) is 11.0. The molecule has 2 saturated heterocycles. The fourth-order valence-corrected chi connectivity index (χ4v) is 4.63. The molecule has 0 aliphatic carbocycles. The van der Waals surface area contributed by atoms with Crippen LogP contribution in [0.25, 0.3) is 0 Å². The molecule has 2 aliphatic heterocycles. The number of nitrogens with zero attached hydrogens (tertiary/aromatic N) is 2. The minimum Gasteiger partial charge on any atom is -0.373 e. The molecule has 2 aliphatic rings. The molecule has 5 nitrogen and oxygen atoms in total. The molecule has 4 rings (SSSR count). The Balaban J connectivity index is 1.39. The molecular formula is C25H33N3O2. The van der Waals surface area contributed by atoms with Crippen LogP contribution >= 0.6 is 0 Å². The molecule has 2 heterocycles. The molecule has 0 saturated carbocycles. The quantitative estimate of drug-likeness (QED) is 0.614. The van der Waals surface area contributed by atoms with Crippen LogP contribution in [0.1, 0.15) is 40.9 Å². The molecule has 0 amide bonds. The average Bonchev–Trinajstić information content (AvgIpc) is 3.24. The van der Waals surface area contributed by atoms with Crippen molar-refractivity contribution in [2.75, 3.05) is 39.9 Å². The summed E-state index contributed by atoms with van der Waals surface area (Å²) in [6, 6.07) is 17.1. The minimum atomic E-state index is 0.0739. The summed E-state index contributed by atoms with van der Waals surface area (Å²) in [5, 5.41) is 3.62. The first kappa shape index (κ1) is 20.9. The van der Waals surface area contributed by atoms with Crippen LogP contribution in [0.2, 0.25) is 0 Å². The number of hydrogen-bond acceptors (Lipinski definition) is 3. The van der Waals surface area contributed by atoms with Crippen molar-refractivity contribution in [2.24, 2.45) is 10.9 Å². The van der Waals surface area contributed by atoms with Gasteiger partial charge >= 0.3 is 0 Å². The molecule has 2 aromatic rings. The fourth-order valence-electron chi connectivity index (χ4n) is 4.63. The molecule has 2 fully saturated rings. The lowest BCUT2D eigenvalue weighted by atomic mass is 9.95. The molecule has 0 aromatic heterocycles. The largest absolute Gasteiger partial charge is 0.373 e. The number of aryl methyl sites for hydroxylation is 2. The molecule has 1 N–H and O–H groups in total. The van der Waals surface area contributed by atoms with E-state index in [9.17, 15) is 0 Å². The Hall–Kier alpha value is -2.37. The van der Waals surface area contributed by atoms with Gasteiger partial charge in [-0.05, 0) is 37.0 Å². The van der Waals surface area contributed by atoms with E-state index < -0.39 is 0 Å². The maximum Gasteiger partial charge on any atom is 0.193 e. The summed E-state index contributed by atoms with van der Waals surface area (Å²) in [4.78, 5) is 6.89. The Bertz CT molecular complexity index is 868. The van der Waals surface area contributed by atoms with Crippen LogP contribution in [0, 0.1) is 19.8 Å². The molecule has 30 heavy (non-hydrogen) atoms. The molecule has 160 valence electrons. The van der Waals surface area contributed by atoms with Gasteiger partial charge in [0.15, 0.2) is 5.96 Å². The molecule has 2 aromatic carbocycles. The van der Waals surface area contributed by atoms with Crippen LogP contribution in [0.15, 0.2) is 53.5 Å². The Morgan fingerprint density at radius 2 is 1.93 bits per heavy atom. The summed E-state index contributed by atoms with van der Waals surface area (Å²) in [7, 11) is 1.86. The molecule has 3 unspecified atom stereocenters. The number of hydrogen-bond donors (Lipinski definition) is 1. The molecule has 0 spiro atoms.